The molecule has 1 rings (SSSR count). The molecule has 0 saturated carbocycles. The molecule has 1 atom stereocenters. The molecule has 2 amide bonds. The minimum absolute atomic E-state index is 0.0369. The average molecular weight is 304 g/mol. The third kappa shape index (κ3) is 6.74. The summed E-state index contributed by atoms with van der Waals surface area (Å²) in [5.74, 6) is 0.278. The standard InChI is InChI=1S/C18H28N2O2/c1-14(2)13-16(18(22)20(3)4)19-17(21)12-8-11-15-9-6-5-7-10-15/h5-7,9-10,14,16H,8,11-13H2,1-4H3,(H,19,21)/t16-/m0/s1. The Balaban J connectivity index is 2.44. The molecule has 0 aliphatic rings. The van der Waals surface area contributed by atoms with Gasteiger partial charge in [-0.3, -0.25) is 9.59 Å². The fourth-order valence-electron chi connectivity index (χ4n) is 2.37. The van der Waals surface area contributed by atoms with E-state index in [1.807, 2.05) is 18.2 Å². The van der Waals surface area contributed by atoms with Crippen molar-refractivity contribution in [3.05, 3.63) is 35.9 Å². The molecule has 122 valence electrons. The maximum atomic E-state index is 12.1. The third-order valence-electron chi connectivity index (χ3n) is 3.49. The molecule has 1 aromatic carbocycles. The predicted molar refractivity (Wildman–Crippen MR) is 89.5 cm³/mol. The molecule has 0 bridgehead atoms. The van der Waals surface area contributed by atoms with Crippen LogP contribution < -0.4 is 5.32 Å². The molecule has 0 radical (unpaired) electrons. The summed E-state index contributed by atoms with van der Waals surface area (Å²) in [5, 5.41) is 2.89. The summed E-state index contributed by atoms with van der Waals surface area (Å²) in [7, 11) is 3.44. The van der Waals surface area contributed by atoms with Gasteiger partial charge in [0.15, 0.2) is 0 Å². The molecule has 4 heteroatoms. The highest BCUT2D eigenvalue weighted by Crippen LogP contribution is 2.08. The van der Waals surface area contributed by atoms with Gasteiger partial charge in [-0.05, 0) is 30.7 Å². The molecule has 0 fully saturated rings. The number of likely N-dealkylation sites (N-methyl/N-ethyl adjacent to an activating group) is 1. The molecule has 4 nitrogen and oxygen atoms in total. The van der Waals surface area contributed by atoms with Gasteiger partial charge in [0, 0.05) is 20.5 Å². The second-order valence-corrected chi connectivity index (χ2v) is 6.32. The zero-order valence-corrected chi connectivity index (χ0v) is 14.1. The van der Waals surface area contributed by atoms with Crippen LogP contribution in [0.25, 0.3) is 0 Å². The molecule has 0 unspecified atom stereocenters. The highest BCUT2D eigenvalue weighted by atomic mass is 16.2. The van der Waals surface area contributed by atoms with E-state index in [4.69, 9.17) is 0 Å². The van der Waals surface area contributed by atoms with Crippen molar-refractivity contribution >= 4 is 11.8 Å². The topological polar surface area (TPSA) is 49.4 Å². The summed E-state index contributed by atoms with van der Waals surface area (Å²) in [6, 6.07) is 9.70. The van der Waals surface area contributed by atoms with Crippen molar-refractivity contribution in [3.8, 4) is 0 Å². The van der Waals surface area contributed by atoms with Crippen LogP contribution in [0, 0.1) is 5.92 Å². The summed E-state index contributed by atoms with van der Waals surface area (Å²) < 4.78 is 0. The Kier molecular flexibility index (Phi) is 7.64. The van der Waals surface area contributed by atoms with Crippen LogP contribution in [-0.2, 0) is 16.0 Å². The van der Waals surface area contributed by atoms with E-state index < -0.39 is 6.04 Å². The predicted octanol–water partition coefficient (Wildman–Crippen LogP) is 2.63. The number of nitrogens with zero attached hydrogens (tertiary/aromatic N) is 1. The molecule has 0 heterocycles. The average Bonchev–Trinajstić information content (AvgIpc) is 2.46. The number of hydrogen-bond acceptors (Lipinski definition) is 2. The molecule has 1 N–H and O–H groups in total. The minimum atomic E-state index is -0.417. The lowest BCUT2D eigenvalue weighted by atomic mass is 10.0. The normalized spacial score (nSPS) is 12.0. The largest absolute Gasteiger partial charge is 0.347 e. The van der Waals surface area contributed by atoms with E-state index in [-0.39, 0.29) is 11.8 Å². The smallest absolute Gasteiger partial charge is 0.244 e. The van der Waals surface area contributed by atoms with Gasteiger partial charge in [0.2, 0.25) is 11.8 Å². The minimum Gasteiger partial charge on any atom is -0.347 e. The molecule has 0 aromatic heterocycles. The van der Waals surface area contributed by atoms with Crippen LogP contribution in [0.1, 0.15) is 38.7 Å². The highest BCUT2D eigenvalue weighted by molar-refractivity contribution is 5.87. The number of amides is 2. The SMILES string of the molecule is CC(C)C[C@H](NC(=O)CCCc1ccccc1)C(=O)N(C)C. The zero-order valence-electron chi connectivity index (χ0n) is 14.1. The Morgan fingerprint density at radius 3 is 2.32 bits per heavy atom. The Hall–Kier alpha value is -1.84. The molecular formula is C18H28N2O2. The van der Waals surface area contributed by atoms with Gasteiger partial charge in [0.1, 0.15) is 6.04 Å². The summed E-state index contributed by atoms with van der Waals surface area (Å²) in [5.41, 5.74) is 1.23. The highest BCUT2D eigenvalue weighted by Gasteiger charge is 2.22. The lowest BCUT2D eigenvalue weighted by Crippen LogP contribution is -2.46. The maximum Gasteiger partial charge on any atom is 0.244 e. The second kappa shape index (κ2) is 9.23. The molecule has 0 spiro atoms. The molecule has 0 saturated heterocycles. The van der Waals surface area contributed by atoms with Crippen LogP contribution in [-0.4, -0.2) is 36.9 Å². The second-order valence-electron chi connectivity index (χ2n) is 6.32. The van der Waals surface area contributed by atoms with Crippen molar-refractivity contribution in [2.24, 2.45) is 5.92 Å². The first-order valence-electron chi connectivity index (χ1n) is 7.94. The van der Waals surface area contributed by atoms with Crippen LogP contribution in [0.2, 0.25) is 0 Å². The first-order valence-corrected chi connectivity index (χ1v) is 7.94. The van der Waals surface area contributed by atoms with Crippen molar-refractivity contribution in [2.75, 3.05) is 14.1 Å². The van der Waals surface area contributed by atoms with E-state index >= 15 is 0 Å². The first-order chi connectivity index (χ1) is 10.4. The van der Waals surface area contributed by atoms with Gasteiger partial charge in [-0.1, -0.05) is 44.2 Å². The van der Waals surface area contributed by atoms with E-state index in [1.165, 1.54) is 10.5 Å². The van der Waals surface area contributed by atoms with E-state index in [0.717, 1.165) is 12.8 Å². The van der Waals surface area contributed by atoms with E-state index in [0.29, 0.717) is 18.8 Å². The molecule has 22 heavy (non-hydrogen) atoms. The molecular weight excluding hydrogens is 276 g/mol. The van der Waals surface area contributed by atoms with E-state index in [1.54, 1.807) is 14.1 Å². The van der Waals surface area contributed by atoms with Crippen LogP contribution in [0.4, 0.5) is 0 Å². The molecule has 0 aliphatic heterocycles. The van der Waals surface area contributed by atoms with E-state index in [2.05, 4.69) is 31.3 Å². The summed E-state index contributed by atoms with van der Waals surface area (Å²) >= 11 is 0. The number of carbonyl (C=O) groups is 2. The van der Waals surface area contributed by atoms with E-state index in [9.17, 15) is 9.59 Å². The van der Waals surface area contributed by atoms with Gasteiger partial charge in [-0.25, -0.2) is 0 Å². The van der Waals surface area contributed by atoms with Crippen LogP contribution in [0.3, 0.4) is 0 Å². The van der Waals surface area contributed by atoms with Gasteiger partial charge >= 0.3 is 0 Å². The number of hydrogen-bond donors (Lipinski definition) is 1. The van der Waals surface area contributed by atoms with Crippen LogP contribution in [0.5, 0.6) is 0 Å². The first kappa shape index (κ1) is 18.2. The fraction of sp³-hybridized carbons (Fsp3) is 0.556. The van der Waals surface area contributed by atoms with Crippen LogP contribution in [0.15, 0.2) is 30.3 Å². The Morgan fingerprint density at radius 2 is 1.77 bits per heavy atom. The maximum absolute atomic E-state index is 12.1. The van der Waals surface area contributed by atoms with Gasteiger partial charge in [-0.15, -0.1) is 0 Å². The number of carbonyl (C=O) groups excluding carboxylic acids is 2. The summed E-state index contributed by atoms with van der Waals surface area (Å²) in [6.07, 6.45) is 2.79. The number of benzene rings is 1. The van der Waals surface area contributed by atoms with Crippen molar-refractivity contribution in [2.45, 2.75) is 45.6 Å². The monoisotopic (exact) mass is 304 g/mol. The number of nitrogens with one attached hydrogen (secondary N) is 1. The van der Waals surface area contributed by atoms with Crippen LogP contribution >= 0.6 is 0 Å². The Labute approximate surface area is 133 Å². The third-order valence-corrected chi connectivity index (χ3v) is 3.49. The van der Waals surface area contributed by atoms with Crippen molar-refractivity contribution < 1.29 is 9.59 Å². The van der Waals surface area contributed by atoms with Gasteiger partial charge in [-0.2, -0.15) is 0 Å². The molecule has 0 aliphatic carbocycles. The van der Waals surface area contributed by atoms with Crippen molar-refractivity contribution in [3.63, 3.8) is 0 Å². The van der Waals surface area contributed by atoms with Gasteiger partial charge in [0.25, 0.3) is 0 Å². The lowest BCUT2D eigenvalue weighted by Gasteiger charge is -2.23. The van der Waals surface area contributed by atoms with Gasteiger partial charge < -0.3 is 10.2 Å². The lowest BCUT2D eigenvalue weighted by molar-refractivity contribution is -0.134. The van der Waals surface area contributed by atoms with Crippen molar-refractivity contribution in [1.82, 2.24) is 10.2 Å². The number of aryl methyl sites for hydroxylation is 1. The number of rotatable bonds is 8. The quantitative estimate of drug-likeness (QED) is 0.802. The Bertz CT molecular complexity index is 469. The zero-order chi connectivity index (χ0) is 16.5. The Morgan fingerprint density at radius 1 is 1.14 bits per heavy atom. The molecule has 1 aromatic rings. The van der Waals surface area contributed by atoms with Gasteiger partial charge in [0.05, 0.1) is 0 Å². The van der Waals surface area contributed by atoms with Crippen molar-refractivity contribution in [1.29, 1.82) is 0 Å². The summed E-state index contributed by atoms with van der Waals surface area (Å²) in [6.45, 7) is 4.11. The summed E-state index contributed by atoms with van der Waals surface area (Å²) in [4.78, 5) is 25.7. The fourth-order valence-corrected chi connectivity index (χ4v) is 2.37.